The number of fused-ring (bicyclic) bond motifs is 1. The molecule has 0 aliphatic carbocycles. The van der Waals surface area contributed by atoms with Crippen LogP contribution in [0.3, 0.4) is 0 Å². The van der Waals surface area contributed by atoms with Gasteiger partial charge in [-0.1, -0.05) is 59.6 Å². The molecule has 0 saturated heterocycles. The lowest BCUT2D eigenvalue weighted by atomic mass is 10.00. The number of aliphatic hydroxyl groups excluding tert-OH is 1. The van der Waals surface area contributed by atoms with E-state index in [-0.39, 0.29) is 19.1 Å². The summed E-state index contributed by atoms with van der Waals surface area (Å²) < 4.78 is 7.35. The molecule has 3 heterocycles. The number of carbonyl (C=O) groups excluding carboxylic acids is 2. The fraction of sp³-hybridized carbons (Fsp3) is 0.290. The molecule has 0 spiro atoms. The quantitative estimate of drug-likeness (QED) is 0.223. The maximum absolute atomic E-state index is 13.3. The molecule has 5 rings (SSSR count). The predicted octanol–water partition coefficient (Wildman–Crippen LogP) is 4.35. The number of halogens is 2. The second-order valence-electron chi connectivity index (χ2n) is 10.3. The van der Waals surface area contributed by atoms with E-state index in [2.05, 4.69) is 25.5 Å². The average molecular weight is 624 g/mol. The van der Waals surface area contributed by atoms with E-state index in [1.807, 2.05) is 55.1 Å². The molecule has 1 amide bonds. The molecule has 2 aromatic carbocycles. The Labute approximate surface area is 259 Å². The number of pyridine rings is 1. The van der Waals surface area contributed by atoms with Gasteiger partial charge in [-0.2, -0.15) is 0 Å². The van der Waals surface area contributed by atoms with Crippen molar-refractivity contribution >= 4 is 41.1 Å². The van der Waals surface area contributed by atoms with E-state index in [0.717, 1.165) is 24.4 Å². The molecule has 43 heavy (non-hydrogen) atoms. The zero-order valence-electron chi connectivity index (χ0n) is 24.0. The van der Waals surface area contributed by atoms with Crippen molar-refractivity contribution in [2.75, 3.05) is 32.6 Å². The van der Waals surface area contributed by atoms with Gasteiger partial charge in [0.15, 0.2) is 5.82 Å². The summed E-state index contributed by atoms with van der Waals surface area (Å²) in [6.45, 7) is 1.58. The Kier molecular flexibility index (Phi) is 9.43. The summed E-state index contributed by atoms with van der Waals surface area (Å²) in [7, 11) is 5.40. The van der Waals surface area contributed by atoms with Gasteiger partial charge in [0.25, 0.3) is 5.91 Å². The van der Waals surface area contributed by atoms with Crippen molar-refractivity contribution in [3.05, 3.63) is 81.4 Å². The molecule has 0 fully saturated rings. The topological polar surface area (TPSA) is 122 Å². The van der Waals surface area contributed by atoms with Crippen molar-refractivity contribution in [1.29, 1.82) is 0 Å². The fourth-order valence-corrected chi connectivity index (χ4v) is 5.74. The lowest BCUT2D eigenvalue weighted by molar-refractivity contribution is -0.110. The number of methoxy groups -OCH3 is 1. The smallest absolute Gasteiger partial charge is 0.291 e. The van der Waals surface area contributed by atoms with Gasteiger partial charge >= 0.3 is 0 Å². The number of nitrogens with one attached hydrogen (secondary N) is 2. The summed E-state index contributed by atoms with van der Waals surface area (Å²) in [4.78, 5) is 35.8. The maximum Gasteiger partial charge on any atom is 0.291 e. The Morgan fingerprint density at radius 2 is 1.79 bits per heavy atom. The first-order chi connectivity index (χ1) is 20.7. The fourth-order valence-electron chi connectivity index (χ4n) is 5.14. The van der Waals surface area contributed by atoms with Gasteiger partial charge < -0.3 is 34.7 Å². The van der Waals surface area contributed by atoms with Gasteiger partial charge in [0.2, 0.25) is 5.88 Å². The predicted molar refractivity (Wildman–Crippen MR) is 167 cm³/mol. The van der Waals surface area contributed by atoms with Gasteiger partial charge in [-0.25, -0.2) is 9.97 Å². The van der Waals surface area contributed by atoms with Crippen LogP contribution in [0, 0.1) is 0 Å². The van der Waals surface area contributed by atoms with Crippen molar-refractivity contribution < 1.29 is 19.4 Å². The molecule has 0 saturated carbocycles. The number of hydrogen-bond acceptors (Lipinski definition) is 8. The summed E-state index contributed by atoms with van der Waals surface area (Å²) >= 11 is 13.8. The molecule has 2 aromatic heterocycles. The highest BCUT2D eigenvalue weighted by Crippen LogP contribution is 2.41. The monoisotopic (exact) mass is 622 g/mol. The SMILES string of the molecule is COc1nc(-c2cccc(-c3cccc(NC(=O)c4nc5c(n4C)CCN(C)C5)c3Cl)c2Cl)ccc1CNC(C=O)CO. The van der Waals surface area contributed by atoms with Crippen LogP contribution in [-0.2, 0) is 31.4 Å². The van der Waals surface area contributed by atoms with E-state index in [0.29, 0.717) is 68.2 Å². The Hall–Kier alpha value is -3.80. The summed E-state index contributed by atoms with van der Waals surface area (Å²) in [5.41, 5.74) is 5.68. The number of imidazole rings is 1. The minimum Gasteiger partial charge on any atom is -0.481 e. The van der Waals surface area contributed by atoms with Crippen LogP contribution in [0.15, 0.2) is 48.5 Å². The summed E-state index contributed by atoms with van der Waals surface area (Å²) in [5.74, 6) is 0.348. The molecular formula is C31H32Cl2N6O4. The molecule has 1 aliphatic rings. The molecule has 4 aromatic rings. The molecule has 10 nitrogen and oxygen atoms in total. The molecule has 224 valence electrons. The third-order valence-electron chi connectivity index (χ3n) is 7.51. The number of aldehydes is 1. The van der Waals surface area contributed by atoms with Gasteiger partial charge in [-0.05, 0) is 19.2 Å². The second-order valence-corrected chi connectivity index (χ2v) is 11.1. The zero-order valence-corrected chi connectivity index (χ0v) is 25.5. The number of likely N-dealkylation sites (N-methyl/N-ethyl adjacent to an activating group) is 1. The van der Waals surface area contributed by atoms with E-state index >= 15 is 0 Å². The van der Waals surface area contributed by atoms with Gasteiger partial charge in [0.05, 0.1) is 46.9 Å². The largest absolute Gasteiger partial charge is 0.481 e. The van der Waals surface area contributed by atoms with Crippen LogP contribution >= 0.6 is 23.2 Å². The Morgan fingerprint density at radius 1 is 1.07 bits per heavy atom. The summed E-state index contributed by atoms with van der Waals surface area (Å²) in [6.07, 6.45) is 1.48. The van der Waals surface area contributed by atoms with E-state index in [1.165, 1.54) is 7.11 Å². The molecule has 3 N–H and O–H groups in total. The number of aliphatic hydroxyl groups is 1. The minimum absolute atomic E-state index is 0.278. The van der Waals surface area contributed by atoms with Crippen molar-refractivity contribution in [3.8, 4) is 28.3 Å². The highest BCUT2D eigenvalue weighted by molar-refractivity contribution is 6.39. The minimum atomic E-state index is -0.683. The number of rotatable bonds is 10. The lowest BCUT2D eigenvalue weighted by Crippen LogP contribution is -2.33. The Morgan fingerprint density at radius 3 is 2.51 bits per heavy atom. The first kappa shape index (κ1) is 30.7. The molecule has 0 bridgehead atoms. The van der Waals surface area contributed by atoms with Crippen LogP contribution in [0.5, 0.6) is 5.88 Å². The van der Waals surface area contributed by atoms with E-state index in [1.54, 1.807) is 12.1 Å². The number of nitrogens with zero attached hydrogens (tertiary/aromatic N) is 4. The van der Waals surface area contributed by atoms with Crippen LogP contribution in [0.4, 0.5) is 5.69 Å². The average Bonchev–Trinajstić information content (AvgIpc) is 3.34. The van der Waals surface area contributed by atoms with Crippen molar-refractivity contribution in [2.45, 2.75) is 25.6 Å². The Balaban J connectivity index is 1.42. The third kappa shape index (κ3) is 6.29. The zero-order chi connectivity index (χ0) is 30.7. The van der Waals surface area contributed by atoms with Crippen LogP contribution in [0.2, 0.25) is 10.0 Å². The Bertz CT molecular complexity index is 1670. The van der Waals surface area contributed by atoms with Gasteiger partial charge in [-0.3, -0.25) is 4.79 Å². The lowest BCUT2D eigenvalue weighted by Gasteiger charge is -2.21. The molecule has 1 atom stereocenters. The number of anilines is 1. The van der Waals surface area contributed by atoms with Crippen LogP contribution in [0.1, 0.15) is 27.6 Å². The van der Waals surface area contributed by atoms with Gasteiger partial charge in [0.1, 0.15) is 6.29 Å². The summed E-state index contributed by atoms with van der Waals surface area (Å²) in [5, 5.41) is 15.9. The third-order valence-corrected chi connectivity index (χ3v) is 8.32. The highest BCUT2D eigenvalue weighted by atomic mass is 35.5. The van der Waals surface area contributed by atoms with E-state index < -0.39 is 6.04 Å². The number of hydrogen-bond donors (Lipinski definition) is 3. The standard InChI is InChI=1S/C31H32Cl2N6O4/c1-38-13-12-26-25(15-38)35-29(39(26)2)30(42)36-24-9-5-7-21(28(24)33)20-6-4-8-22(27(20)32)23-11-10-18(31(37-23)43-3)14-34-19(16-40)17-41/h4-11,16,19,34,41H,12-15,17H2,1-3H3,(H,36,42). The van der Waals surface area contributed by atoms with Crippen molar-refractivity contribution in [2.24, 2.45) is 7.05 Å². The molecular weight excluding hydrogens is 591 g/mol. The second kappa shape index (κ2) is 13.2. The van der Waals surface area contributed by atoms with Crippen LogP contribution < -0.4 is 15.4 Å². The number of carbonyl (C=O) groups is 2. The molecule has 0 radical (unpaired) electrons. The summed E-state index contributed by atoms with van der Waals surface area (Å²) in [6, 6.07) is 13.9. The first-order valence-corrected chi connectivity index (χ1v) is 14.5. The van der Waals surface area contributed by atoms with E-state index in [4.69, 9.17) is 27.9 Å². The van der Waals surface area contributed by atoms with E-state index in [9.17, 15) is 14.7 Å². The number of ether oxygens (including phenoxy) is 1. The highest BCUT2D eigenvalue weighted by Gasteiger charge is 2.25. The molecule has 12 heteroatoms. The van der Waals surface area contributed by atoms with Crippen LogP contribution in [-0.4, -0.2) is 70.1 Å². The number of benzene rings is 2. The van der Waals surface area contributed by atoms with Crippen molar-refractivity contribution in [3.63, 3.8) is 0 Å². The van der Waals surface area contributed by atoms with Gasteiger partial charge in [0, 0.05) is 61.1 Å². The normalized spacial score (nSPS) is 13.8. The number of aromatic nitrogens is 3. The van der Waals surface area contributed by atoms with Crippen LogP contribution in [0.25, 0.3) is 22.4 Å². The molecule has 1 aliphatic heterocycles. The molecule has 1 unspecified atom stereocenters. The maximum atomic E-state index is 13.3. The van der Waals surface area contributed by atoms with Crippen molar-refractivity contribution in [1.82, 2.24) is 24.8 Å². The first-order valence-electron chi connectivity index (χ1n) is 13.7. The van der Waals surface area contributed by atoms with Gasteiger partial charge in [-0.15, -0.1) is 0 Å². The number of amides is 1.